The summed E-state index contributed by atoms with van der Waals surface area (Å²) in [6.45, 7) is 5.85. The Bertz CT molecular complexity index is 1180. The second-order valence-electron chi connectivity index (χ2n) is 10.1. The van der Waals surface area contributed by atoms with Crippen molar-refractivity contribution >= 4 is 17.1 Å². The van der Waals surface area contributed by atoms with Gasteiger partial charge in [0.1, 0.15) is 18.2 Å². The Labute approximate surface area is 207 Å². The molecular formula is C30H34FN3O. The van der Waals surface area contributed by atoms with Crippen molar-refractivity contribution in [3.05, 3.63) is 83.7 Å². The molecule has 2 saturated heterocycles. The molecule has 0 N–H and O–H groups in total. The standard InChI is InChI=1S/C30H34FN3O/c31-25-12-13-28-24(20-25)22-35-30-11-2-1-10-29(30)34(28)21-27-9-6-17-33(27)18-14-23-7-5-8-26(19-23)32-15-3-4-16-32/h1-2,5,7-8,10-13,19-20,27H,3-4,6,9,14-18,21-22H2. The van der Waals surface area contributed by atoms with Gasteiger partial charge in [0.05, 0.1) is 5.69 Å². The van der Waals surface area contributed by atoms with Gasteiger partial charge in [-0.05, 0) is 86.7 Å². The molecule has 3 heterocycles. The third kappa shape index (κ3) is 4.74. The SMILES string of the molecule is Fc1ccc2c(c1)COc1ccccc1N2CC1CCCN1CCc1cccc(N2CCCC2)c1. The minimum atomic E-state index is -0.211. The lowest BCUT2D eigenvalue weighted by molar-refractivity contribution is 0.261. The first kappa shape index (κ1) is 22.4. The molecule has 0 aliphatic carbocycles. The van der Waals surface area contributed by atoms with Crippen LogP contribution in [0, 0.1) is 5.82 Å². The molecule has 4 nitrogen and oxygen atoms in total. The van der Waals surface area contributed by atoms with Crippen LogP contribution in [0.3, 0.4) is 0 Å². The fraction of sp³-hybridized carbons (Fsp3) is 0.400. The van der Waals surface area contributed by atoms with E-state index in [4.69, 9.17) is 4.74 Å². The van der Waals surface area contributed by atoms with E-state index in [2.05, 4.69) is 51.1 Å². The van der Waals surface area contributed by atoms with Crippen LogP contribution in [0.5, 0.6) is 5.75 Å². The predicted octanol–water partition coefficient (Wildman–Crippen LogP) is 6.16. The second kappa shape index (κ2) is 9.90. The van der Waals surface area contributed by atoms with Crippen LogP contribution in [-0.4, -0.2) is 43.7 Å². The topological polar surface area (TPSA) is 19.0 Å². The first-order chi connectivity index (χ1) is 17.2. The Hall–Kier alpha value is -3.05. The Kier molecular flexibility index (Phi) is 6.34. The molecule has 182 valence electrons. The van der Waals surface area contributed by atoms with Gasteiger partial charge in [-0.3, -0.25) is 4.90 Å². The highest BCUT2D eigenvalue weighted by Gasteiger charge is 2.30. The van der Waals surface area contributed by atoms with Crippen molar-refractivity contribution in [3.8, 4) is 5.75 Å². The monoisotopic (exact) mass is 471 g/mol. The van der Waals surface area contributed by atoms with Gasteiger partial charge in [0.15, 0.2) is 0 Å². The van der Waals surface area contributed by atoms with Crippen LogP contribution in [0.2, 0.25) is 0 Å². The van der Waals surface area contributed by atoms with E-state index in [9.17, 15) is 4.39 Å². The molecule has 0 saturated carbocycles. The smallest absolute Gasteiger partial charge is 0.143 e. The summed E-state index contributed by atoms with van der Waals surface area (Å²) in [6.07, 6.45) is 6.09. The molecule has 0 radical (unpaired) electrons. The lowest BCUT2D eigenvalue weighted by Gasteiger charge is -2.33. The normalized spacial score (nSPS) is 19.9. The average molecular weight is 472 g/mol. The van der Waals surface area contributed by atoms with Crippen molar-refractivity contribution in [2.75, 3.05) is 42.5 Å². The molecule has 0 aromatic heterocycles. The fourth-order valence-corrected chi connectivity index (χ4v) is 5.98. The van der Waals surface area contributed by atoms with Gasteiger partial charge in [0, 0.05) is 49.2 Å². The first-order valence-electron chi connectivity index (χ1n) is 13.1. The highest BCUT2D eigenvalue weighted by molar-refractivity contribution is 5.73. The Balaban J connectivity index is 1.20. The van der Waals surface area contributed by atoms with Gasteiger partial charge >= 0.3 is 0 Å². The van der Waals surface area contributed by atoms with E-state index in [0.717, 1.165) is 48.7 Å². The number of benzene rings is 3. The van der Waals surface area contributed by atoms with E-state index in [-0.39, 0.29) is 5.82 Å². The number of anilines is 3. The van der Waals surface area contributed by atoms with Crippen molar-refractivity contribution in [3.63, 3.8) is 0 Å². The first-order valence-corrected chi connectivity index (χ1v) is 13.1. The average Bonchev–Trinajstić information content (AvgIpc) is 3.55. The molecular weight excluding hydrogens is 437 g/mol. The maximum absolute atomic E-state index is 14.1. The number of ether oxygens (including phenoxy) is 1. The molecule has 35 heavy (non-hydrogen) atoms. The van der Waals surface area contributed by atoms with Crippen molar-refractivity contribution in [2.45, 2.75) is 44.8 Å². The molecule has 0 amide bonds. The number of hydrogen-bond acceptors (Lipinski definition) is 4. The van der Waals surface area contributed by atoms with Crippen LogP contribution in [-0.2, 0) is 13.0 Å². The largest absolute Gasteiger partial charge is 0.487 e. The van der Waals surface area contributed by atoms with Gasteiger partial charge in [-0.15, -0.1) is 0 Å². The number of fused-ring (bicyclic) bond motifs is 2. The van der Waals surface area contributed by atoms with Crippen LogP contribution < -0.4 is 14.5 Å². The lowest BCUT2D eigenvalue weighted by Crippen LogP contribution is -2.39. The van der Waals surface area contributed by atoms with E-state index in [0.29, 0.717) is 12.6 Å². The fourth-order valence-electron chi connectivity index (χ4n) is 5.98. The third-order valence-electron chi connectivity index (χ3n) is 7.83. The van der Waals surface area contributed by atoms with Crippen LogP contribution in [0.25, 0.3) is 0 Å². The van der Waals surface area contributed by atoms with Crippen molar-refractivity contribution < 1.29 is 9.13 Å². The molecule has 0 spiro atoms. The summed E-state index contributed by atoms with van der Waals surface area (Å²) in [4.78, 5) is 7.52. The summed E-state index contributed by atoms with van der Waals surface area (Å²) < 4.78 is 20.1. The maximum atomic E-state index is 14.1. The minimum absolute atomic E-state index is 0.211. The van der Waals surface area contributed by atoms with Gasteiger partial charge in [-0.25, -0.2) is 4.39 Å². The summed E-state index contributed by atoms with van der Waals surface area (Å²) in [7, 11) is 0. The Morgan fingerprint density at radius 2 is 1.74 bits per heavy atom. The van der Waals surface area contributed by atoms with E-state index < -0.39 is 0 Å². The van der Waals surface area contributed by atoms with E-state index in [1.807, 2.05) is 18.2 Å². The summed E-state index contributed by atoms with van der Waals surface area (Å²) in [5.74, 6) is 0.657. The molecule has 3 aliphatic rings. The molecule has 3 aromatic carbocycles. The zero-order chi connectivity index (χ0) is 23.6. The highest BCUT2D eigenvalue weighted by Crippen LogP contribution is 2.40. The number of rotatable bonds is 6. The summed E-state index contributed by atoms with van der Waals surface area (Å²) in [5.41, 5.74) is 5.84. The van der Waals surface area contributed by atoms with Crippen LogP contribution in [0.1, 0.15) is 36.8 Å². The molecule has 6 rings (SSSR count). The number of nitrogens with zero attached hydrogens (tertiary/aromatic N) is 3. The Morgan fingerprint density at radius 1 is 0.857 bits per heavy atom. The molecule has 1 atom stereocenters. The van der Waals surface area contributed by atoms with Gasteiger partial charge in [-0.1, -0.05) is 24.3 Å². The molecule has 5 heteroatoms. The van der Waals surface area contributed by atoms with Gasteiger partial charge in [0.2, 0.25) is 0 Å². The molecule has 0 bridgehead atoms. The minimum Gasteiger partial charge on any atom is -0.487 e. The summed E-state index contributed by atoms with van der Waals surface area (Å²) >= 11 is 0. The van der Waals surface area contributed by atoms with Crippen LogP contribution >= 0.6 is 0 Å². The van der Waals surface area contributed by atoms with E-state index >= 15 is 0 Å². The zero-order valence-corrected chi connectivity index (χ0v) is 20.3. The number of halogens is 1. The van der Waals surface area contributed by atoms with Gasteiger partial charge < -0.3 is 14.5 Å². The second-order valence-corrected chi connectivity index (χ2v) is 10.1. The summed E-state index contributed by atoms with van der Waals surface area (Å²) in [6, 6.07) is 22.9. The van der Waals surface area contributed by atoms with E-state index in [1.165, 1.54) is 50.0 Å². The molecule has 3 aromatic rings. The third-order valence-corrected chi connectivity index (χ3v) is 7.83. The van der Waals surface area contributed by atoms with Crippen molar-refractivity contribution in [1.29, 1.82) is 0 Å². The number of hydrogen-bond donors (Lipinski definition) is 0. The highest BCUT2D eigenvalue weighted by atomic mass is 19.1. The van der Waals surface area contributed by atoms with Crippen molar-refractivity contribution in [1.82, 2.24) is 4.90 Å². The maximum Gasteiger partial charge on any atom is 0.143 e. The Morgan fingerprint density at radius 3 is 2.66 bits per heavy atom. The van der Waals surface area contributed by atoms with Crippen molar-refractivity contribution in [2.24, 2.45) is 0 Å². The predicted molar refractivity (Wildman–Crippen MR) is 140 cm³/mol. The zero-order valence-electron chi connectivity index (χ0n) is 20.3. The van der Waals surface area contributed by atoms with Crippen LogP contribution in [0.15, 0.2) is 66.7 Å². The van der Waals surface area contributed by atoms with Gasteiger partial charge in [0.25, 0.3) is 0 Å². The molecule has 1 unspecified atom stereocenters. The number of para-hydroxylation sites is 2. The summed E-state index contributed by atoms with van der Waals surface area (Å²) in [5, 5.41) is 0. The molecule has 3 aliphatic heterocycles. The quantitative estimate of drug-likeness (QED) is 0.428. The number of likely N-dealkylation sites (tertiary alicyclic amines) is 1. The lowest BCUT2D eigenvalue weighted by atomic mass is 10.1. The van der Waals surface area contributed by atoms with Gasteiger partial charge in [-0.2, -0.15) is 0 Å². The van der Waals surface area contributed by atoms with E-state index in [1.54, 1.807) is 12.1 Å². The molecule has 2 fully saturated rings. The van der Waals surface area contributed by atoms with Crippen LogP contribution in [0.4, 0.5) is 21.5 Å².